The van der Waals surface area contributed by atoms with Crippen LogP contribution in [0, 0.1) is 5.82 Å². The van der Waals surface area contributed by atoms with E-state index in [0.29, 0.717) is 5.69 Å². The Balaban J connectivity index is 1.77. The fourth-order valence-corrected chi connectivity index (χ4v) is 4.61. The summed E-state index contributed by atoms with van der Waals surface area (Å²) in [7, 11) is -3.84. The first-order valence-corrected chi connectivity index (χ1v) is 9.58. The zero-order valence-electron chi connectivity index (χ0n) is 12.8. The summed E-state index contributed by atoms with van der Waals surface area (Å²) in [6.45, 7) is 2.29. The lowest BCUT2D eigenvalue weighted by Gasteiger charge is -2.38. The van der Waals surface area contributed by atoms with Gasteiger partial charge in [-0.1, -0.05) is 0 Å². The number of amides is 1. The maximum absolute atomic E-state index is 13.3. The van der Waals surface area contributed by atoms with Gasteiger partial charge in [0.05, 0.1) is 11.7 Å². The van der Waals surface area contributed by atoms with E-state index < -0.39 is 15.8 Å². The summed E-state index contributed by atoms with van der Waals surface area (Å²) in [6.07, 6.45) is 2.07. The molecule has 24 heavy (non-hydrogen) atoms. The number of rotatable bonds is 3. The summed E-state index contributed by atoms with van der Waals surface area (Å²) in [6, 6.07) is 0.629. The van der Waals surface area contributed by atoms with Gasteiger partial charge < -0.3 is 4.90 Å². The summed E-state index contributed by atoms with van der Waals surface area (Å²) in [4.78, 5) is 21.4. The van der Waals surface area contributed by atoms with Crippen LogP contribution < -0.4 is 0 Å². The van der Waals surface area contributed by atoms with Gasteiger partial charge in [-0.2, -0.15) is 4.31 Å². The third-order valence-electron chi connectivity index (χ3n) is 3.82. The second kappa shape index (κ2) is 6.54. The minimum absolute atomic E-state index is 0.134. The van der Waals surface area contributed by atoms with Crippen LogP contribution in [0.3, 0.4) is 0 Å². The van der Waals surface area contributed by atoms with E-state index in [2.05, 4.69) is 9.97 Å². The number of carbonyl (C=O) groups excluding carboxylic acids is 1. The lowest BCUT2D eigenvalue weighted by atomic mass is 10.2. The number of piperazine rings is 1. The Morgan fingerprint density at radius 2 is 2.17 bits per heavy atom. The zero-order chi connectivity index (χ0) is 17.3. The van der Waals surface area contributed by atoms with Gasteiger partial charge in [-0.05, 0) is 13.0 Å². The van der Waals surface area contributed by atoms with Gasteiger partial charge >= 0.3 is 0 Å². The van der Waals surface area contributed by atoms with Crippen molar-refractivity contribution in [1.82, 2.24) is 19.2 Å². The molecular formula is C14H15FN4O3S2. The van der Waals surface area contributed by atoms with Gasteiger partial charge in [-0.15, -0.1) is 11.3 Å². The molecule has 1 aliphatic rings. The molecular weight excluding hydrogens is 355 g/mol. The summed E-state index contributed by atoms with van der Waals surface area (Å²) >= 11 is 1.33. The number of sulfonamides is 1. The van der Waals surface area contributed by atoms with Gasteiger partial charge in [0.2, 0.25) is 10.0 Å². The van der Waals surface area contributed by atoms with Crippen LogP contribution >= 0.6 is 11.3 Å². The van der Waals surface area contributed by atoms with Gasteiger partial charge in [0, 0.05) is 37.3 Å². The standard InChI is InChI=1S/C14H15FN4O3S2/c1-10-7-18(24(21,22)12-4-11(15)5-16-6-12)2-3-19(10)14(20)13-8-23-9-17-13/h4-6,8-10H,2-3,7H2,1H3/t10-/m0/s1. The highest BCUT2D eigenvalue weighted by atomic mass is 32.2. The number of pyridine rings is 1. The summed E-state index contributed by atoms with van der Waals surface area (Å²) in [5, 5.41) is 1.66. The number of thiazole rings is 1. The maximum atomic E-state index is 13.3. The number of hydrogen-bond donors (Lipinski definition) is 0. The Kier molecular flexibility index (Phi) is 4.61. The van der Waals surface area contributed by atoms with E-state index in [1.54, 1.807) is 22.7 Å². The molecule has 3 rings (SSSR count). The predicted octanol–water partition coefficient (Wildman–Crippen LogP) is 1.21. The molecule has 0 unspecified atom stereocenters. The van der Waals surface area contributed by atoms with E-state index in [-0.39, 0.29) is 36.5 Å². The lowest BCUT2D eigenvalue weighted by Crippen LogP contribution is -2.55. The number of nitrogens with zero attached hydrogens (tertiary/aromatic N) is 4. The monoisotopic (exact) mass is 370 g/mol. The van der Waals surface area contributed by atoms with Crippen LogP contribution in [0.5, 0.6) is 0 Å². The van der Waals surface area contributed by atoms with E-state index >= 15 is 0 Å². The van der Waals surface area contributed by atoms with Crippen LogP contribution in [0.25, 0.3) is 0 Å². The Morgan fingerprint density at radius 1 is 1.38 bits per heavy atom. The van der Waals surface area contributed by atoms with Crippen LogP contribution in [0.2, 0.25) is 0 Å². The highest BCUT2D eigenvalue weighted by Gasteiger charge is 2.35. The van der Waals surface area contributed by atoms with E-state index in [0.717, 1.165) is 18.5 Å². The highest BCUT2D eigenvalue weighted by molar-refractivity contribution is 7.89. The molecule has 7 nitrogen and oxygen atoms in total. The Labute approximate surface area is 142 Å². The van der Waals surface area contributed by atoms with Crippen molar-refractivity contribution >= 4 is 27.3 Å². The van der Waals surface area contributed by atoms with Crippen LogP contribution in [0.15, 0.2) is 34.2 Å². The molecule has 1 atom stereocenters. The third kappa shape index (κ3) is 3.17. The Bertz CT molecular complexity index is 841. The van der Waals surface area contributed by atoms with Gasteiger partial charge in [-0.25, -0.2) is 17.8 Å². The fourth-order valence-electron chi connectivity index (χ4n) is 2.59. The van der Waals surface area contributed by atoms with Crippen molar-refractivity contribution in [2.75, 3.05) is 19.6 Å². The number of aromatic nitrogens is 2. The average Bonchev–Trinajstić information content (AvgIpc) is 3.08. The number of hydrogen-bond acceptors (Lipinski definition) is 6. The first kappa shape index (κ1) is 16.9. The smallest absolute Gasteiger partial charge is 0.273 e. The molecule has 1 amide bonds. The minimum Gasteiger partial charge on any atom is -0.332 e. The van der Waals surface area contributed by atoms with E-state index in [1.807, 2.05) is 0 Å². The van der Waals surface area contributed by atoms with E-state index in [1.165, 1.54) is 15.6 Å². The van der Waals surface area contributed by atoms with Gasteiger partial charge in [0.1, 0.15) is 16.4 Å². The van der Waals surface area contributed by atoms with Crippen molar-refractivity contribution < 1.29 is 17.6 Å². The molecule has 0 spiro atoms. The second-order valence-corrected chi connectivity index (χ2v) is 8.08. The van der Waals surface area contributed by atoms with Crippen molar-refractivity contribution in [3.05, 3.63) is 40.9 Å². The van der Waals surface area contributed by atoms with Crippen molar-refractivity contribution in [2.45, 2.75) is 17.9 Å². The largest absolute Gasteiger partial charge is 0.332 e. The molecule has 0 saturated carbocycles. The normalized spacial score (nSPS) is 19.4. The third-order valence-corrected chi connectivity index (χ3v) is 6.24. The van der Waals surface area contributed by atoms with Crippen molar-refractivity contribution in [3.63, 3.8) is 0 Å². The molecule has 2 aromatic rings. The van der Waals surface area contributed by atoms with Gasteiger partial charge in [-0.3, -0.25) is 9.78 Å². The molecule has 0 aliphatic carbocycles. The van der Waals surface area contributed by atoms with Crippen molar-refractivity contribution in [2.24, 2.45) is 0 Å². The first-order valence-electron chi connectivity index (χ1n) is 7.19. The predicted molar refractivity (Wildman–Crippen MR) is 85.6 cm³/mol. The first-order chi connectivity index (χ1) is 11.4. The molecule has 1 aliphatic heterocycles. The molecule has 3 heterocycles. The molecule has 128 valence electrons. The zero-order valence-corrected chi connectivity index (χ0v) is 14.4. The molecule has 0 aromatic carbocycles. The van der Waals surface area contributed by atoms with E-state index in [9.17, 15) is 17.6 Å². The van der Waals surface area contributed by atoms with Crippen LogP contribution in [0.1, 0.15) is 17.4 Å². The molecule has 2 aromatic heterocycles. The molecule has 0 N–H and O–H groups in total. The minimum atomic E-state index is -3.84. The number of halogens is 1. The Hall–Kier alpha value is -1.91. The topological polar surface area (TPSA) is 83.5 Å². The average molecular weight is 370 g/mol. The molecule has 1 fully saturated rings. The van der Waals surface area contributed by atoms with Crippen LogP contribution in [-0.2, 0) is 10.0 Å². The van der Waals surface area contributed by atoms with Crippen LogP contribution in [0.4, 0.5) is 4.39 Å². The molecule has 0 bridgehead atoms. The summed E-state index contributed by atoms with van der Waals surface area (Å²) in [5.41, 5.74) is 1.94. The van der Waals surface area contributed by atoms with Crippen LogP contribution in [-0.4, -0.2) is 59.2 Å². The van der Waals surface area contributed by atoms with Gasteiger partial charge in [0.15, 0.2) is 0 Å². The number of carbonyl (C=O) groups is 1. The molecule has 10 heteroatoms. The fraction of sp³-hybridized carbons (Fsp3) is 0.357. The Morgan fingerprint density at radius 3 is 2.79 bits per heavy atom. The SMILES string of the molecule is C[C@H]1CN(S(=O)(=O)c2cncc(F)c2)CCN1C(=O)c1cscn1. The lowest BCUT2D eigenvalue weighted by molar-refractivity contribution is 0.0586. The van der Waals surface area contributed by atoms with Crippen molar-refractivity contribution in [1.29, 1.82) is 0 Å². The highest BCUT2D eigenvalue weighted by Crippen LogP contribution is 2.21. The summed E-state index contributed by atoms with van der Waals surface area (Å²) < 4.78 is 39.7. The second-order valence-electron chi connectivity index (χ2n) is 5.42. The quantitative estimate of drug-likeness (QED) is 0.811. The van der Waals surface area contributed by atoms with Gasteiger partial charge in [0.25, 0.3) is 5.91 Å². The van der Waals surface area contributed by atoms with E-state index in [4.69, 9.17) is 0 Å². The molecule has 1 saturated heterocycles. The maximum Gasteiger partial charge on any atom is 0.273 e. The van der Waals surface area contributed by atoms with Crippen molar-refractivity contribution in [3.8, 4) is 0 Å². The summed E-state index contributed by atoms with van der Waals surface area (Å²) in [5.74, 6) is -0.922. The molecule has 0 radical (unpaired) electrons.